The molecule has 0 aromatic rings. The van der Waals surface area contributed by atoms with E-state index in [9.17, 15) is 10.2 Å². The van der Waals surface area contributed by atoms with Crippen LogP contribution in [-0.4, -0.2) is 21.9 Å². The third kappa shape index (κ3) is 2.17. The highest BCUT2D eigenvalue weighted by Crippen LogP contribution is 2.49. The molecule has 2 aliphatic rings. The van der Waals surface area contributed by atoms with Crippen molar-refractivity contribution in [2.45, 2.75) is 58.7 Å². The van der Waals surface area contributed by atoms with Crippen molar-refractivity contribution in [1.29, 1.82) is 0 Å². The molecule has 17 heavy (non-hydrogen) atoms. The average Bonchev–Trinajstić information content (AvgIpc) is 2.45. The number of fused-ring (bicyclic) bond motifs is 1. The molecule has 1 saturated carbocycles. The van der Waals surface area contributed by atoms with E-state index >= 15 is 0 Å². The van der Waals surface area contributed by atoms with Gasteiger partial charge in [0.15, 0.2) is 0 Å². The van der Waals surface area contributed by atoms with E-state index in [-0.39, 0.29) is 17.9 Å². The molecule has 2 aliphatic carbocycles. The van der Waals surface area contributed by atoms with Gasteiger partial charge < -0.3 is 10.2 Å². The van der Waals surface area contributed by atoms with Crippen LogP contribution in [0.1, 0.15) is 47.0 Å². The van der Waals surface area contributed by atoms with Crippen LogP contribution in [0.2, 0.25) is 0 Å². The molecule has 98 valence electrons. The summed E-state index contributed by atoms with van der Waals surface area (Å²) in [4.78, 5) is 0. The lowest BCUT2D eigenvalue weighted by Gasteiger charge is -2.37. The second-order valence-electron chi connectivity index (χ2n) is 6.61. The maximum atomic E-state index is 10.6. The van der Waals surface area contributed by atoms with Crippen LogP contribution in [0.4, 0.5) is 0 Å². The first-order valence-corrected chi connectivity index (χ1v) is 6.91. The van der Waals surface area contributed by atoms with E-state index in [0.29, 0.717) is 11.8 Å². The SMILES string of the molecule is CC1=CC[C@H](C(C)C)[C@H](O)[C@@H]2[C@@H]1CC[C@@]2(C)O. The van der Waals surface area contributed by atoms with Crippen molar-refractivity contribution in [1.82, 2.24) is 0 Å². The Labute approximate surface area is 105 Å². The van der Waals surface area contributed by atoms with Crippen molar-refractivity contribution < 1.29 is 10.2 Å². The van der Waals surface area contributed by atoms with Gasteiger partial charge in [0.1, 0.15) is 0 Å². The van der Waals surface area contributed by atoms with Gasteiger partial charge in [-0.15, -0.1) is 0 Å². The number of aliphatic hydroxyl groups is 2. The number of rotatable bonds is 1. The maximum absolute atomic E-state index is 10.6. The molecule has 0 saturated heterocycles. The normalized spacial score (nSPS) is 46.6. The van der Waals surface area contributed by atoms with Crippen molar-refractivity contribution in [2.24, 2.45) is 23.7 Å². The fourth-order valence-electron chi connectivity index (χ4n) is 3.89. The molecule has 0 radical (unpaired) electrons. The van der Waals surface area contributed by atoms with Gasteiger partial charge in [-0.2, -0.15) is 0 Å². The molecule has 0 aromatic carbocycles. The molecule has 2 rings (SSSR count). The molecule has 0 aliphatic heterocycles. The third-order valence-corrected chi connectivity index (χ3v) is 5.07. The summed E-state index contributed by atoms with van der Waals surface area (Å²) in [6, 6.07) is 0. The number of aliphatic hydroxyl groups excluding tert-OH is 1. The van der Waals surface area contributed by atoms with Crippen LogP contribution in [0, 0.1) is 23.7 Å². The van der Waals surface area contributed by atoms with Crippen molar-refractivity contribution >= 4 is 0 Å². The molecule has 0 bridgehead atoms. The molecule has 0 heterocycles. The maximum Gasteiger partial charge on any atom is 0.0678 e. The van der Waals surface area contributed by atoms with E-state index in [2.05, 4.69) is 26.8 Å². The van der Waals surface area contributed by atoms with E-state index in [1.165, 1.54) is 5.57 Å². The molecule has 5 atom stereocenters. The fourth-order valence-corrected chi connectivity index (χ4v) is 3.89. The van der Waals surface area contributed by atoms with E-state index in [4.69, 9.17) is 0 Å². The van der Waals surface area contributed by atoms with E-state index in [1.807, 2.05) is 6.92 Å². The summed E-state index contributed by atoms with van der Waals surface area (Å²) in [5.74, 6) is 1.14. The summed E-state index contributed by atoms with van der Waals surface area (Å²) in [7, 11) is 0. The van der Waals surface area contributed by atoms with Gasteiger partial charge in [0, 0.05) is 5.92 Å². The van der Waals surface area contributed by atoms with Gasteiger partial charge in [-0.05, 0) is 50.9 Å². The summed E-state index contributed by atoms with van der Waals surface area (Å²) in [5, 5.41) is 21.2. The third-order valence-electron chi connectivity index (χ3n) is 5.07. The zero-order valence-electron chi connectivity index (χ0n) is 11.5. The highest BCUT2D eigenvalue weighted by Gasteiger charge is 2.50. The fraction of sp³-hybridized carbons (Fsp3) is 0.867. The van der Waals surface area contributed by atoms with Crippen LogP contribution in [0.3, 0.4) is 0 Å². The zero-order chi connectivity index (χ0) is 12.8. The van der Waals surface area contributed by atoms with Crippen LogP contribution in [0.15, 0.2) is 11.6 Å². The molecule has 0 unspecified atom stereocenters. The smallest absolute Gasteiger partial charge is 0.0678 e. The van der Waals surface area contributed by atoms with Crippen LogP contribution >= 0.6 is 0 Å². The topological polar surface area (TPSA) is 40.5 Å². The number of allylic oxidation sites excluding steroid dienone is 2. The highest BCUT2D eigenvalue weighted by atomic mass is 16.3. The van der Waals surface area contributed by atoms with Crippen LogP contribution in [0.25, 0.3) is 0 Å². The Morgan fingerprint density at radius 3 is 2.65 bits per heavy atom. The summed E-state index contributed by atoms with van der Waals surface area (Å²) < 4.78 is 0. The second-order valence-corrected chi connectivity index (χ2v) is 6.61. The van der Waals surface area contributed by atoms with E-state index in [1.54, 1.807) is 0 Å². The summed E-state index contributed by atoms with van der Waals surface area (Å²) >= 11 is 0. The molecular formula is C15H26O2. The molecule has 2 nitrogen and oxygen atoms in total. The minimum atomic E-state index is -0.698. The standard InChI is InChI=1S/C15H26O2/c1-9(2)11-6-5-10(3)12-7-8-15(4,17)13(12)14(11)16/h5,9,11-14,16-17H,6-8H2,1-4H3/t11-,12-,13+,14+,15-/m1/s1. The first-order chi connectivity index (χ1) is 7.84. The lowest BCUT2D eigenvalue weighted by molar-refractivity contribution is -0.0736. The van der Waals surface area contributed by atoms with Crippen LogP contribution in [0.5, 0.6) is 0 Å². The molecular weight excluding hydrogens is 212 g/mol. The molecule has 0 aromatic heterocycles. The minimum absolute atomic E-state index is 0.0219. The van der Waals surface area contributed by atoms with Crippen molar-refractivity contribution in [2.75, 3.05) is 0 Å². The molecule has 2 heteroatoms. The summed E-state index contributed by atoms with van der Waals surface area (Å²) in [6.07, 6.45) is 4.71. The largest absolute Gasteiger partial charge is 0.392 e. The Balaban J connectivity index is 2.34. The van der Waals surface area contributed by atoms with Gasteiger partial charge in [0.05, 0.1) is 11.7 Å². The van der Waals surface area contributed by atoms with Crippen molar-refractivity contribution in [3.63, 3.8) is 0 Å². The Bertz CT molecular complexity index is 317. The molecule has 0 amide bonds. The van der Waals surface area contributed by atoms with Crippen LogP contribution in [-0.2, 0) is 0 Å². The summed E-state index contributed by atoms with van der Waals surface area (Å²) in [6.45, 7) is 8.40. The predicted molar refractivity (Wildman–Crippen MR) is 69.5 cm³/mol. The number of hydrogen-bond donors (Lipinski definition) is 2. The van der Waals surface area contributed by atoms with E-state index in [0.717, 1.165) is 19.3 Å². The van der Waals surface area contributed by atoms with Crippen LogP contribution < -0.4 is 0 Å². The van der Waals surface area contributed by atoms with Gasteiger partial charge in [-0.1, -0.05) is 25.5 Å². The predicted octanol–water partition coefficient (Wildman–Crippen LogP) is 2.75. The summed E-state index contributed by atoms with van der Waals surface area (Å²) in [5.41, 5.74) is 0.673. The molecule has 2 N–H and O–H groups in total. The van der Waals surface area contributed by atoms with Gasteiger partial charge in [0.2, 0.25) is 0 Å². The van der Waals surface area contributed by atoms with Gasteiger partial charge in [-0.25, -0.2) is 0 Å². The monoisotopic (exact) mass is 238 g/mol. The highest BCUT2D eigenvalue weighted by molar-refractivity contribution is 5.17. The number of hydrogen-bond acceptors (Lipinski definition) is 2. The lowest BCUT2D eigenvalue weighted by Crippen LogP contribution is -2.44. The zero-order valence-corrected chi connectivity index (χ0v) is 11.5. The quantitative estimate of drug-likeness (QED) is 0.690. The first kappa shape index (κ1) is 13.1. The second kappa shape index (κ2) is 4.40. The Hall–Kier alpha value is -0.340. The average molecular weight is 238 g/mol. The Morgan fingerprint density at radius 2 is 2.06 bits per heavy atom. The van der Waals surface area contributed by atoms with E-state index < -0.39 is 5.60 Å². The molecule has 0 spiro atoms. The van der Waals surface area contributed by atoms with Gasteiger partial charge >= 0.3 is 0 Å². The van der Waals surface area contributed by atoms with Gasteiger partial charge in [-0.3, -0.25) is 0 Å². The van der Waals surface area contributed by atoms with Gasteiger partial charge in [0.25, 0.3) is 0 Å². The lowest BCUT2D eigenvalue weighted by atomic mass is 9.74. The Kier molecular flexibility index (Phi) is 3.39. The molecule has 1 fully saturated rings. The van der Waals surface area contributed by atoms with Crippen molar-refractivity contribution in [3.8, 4) is 0 Å². The van der Waals surface area contributed by atoms with Crippen molar-refractivity contribution in [3.05, 3.63) is 11.6 Å². The Morgan fingerprint density at radius 1 is 1.41 bits per heavy atom. The first-order valence-electron chi connectivity index (χ1n) is 6.91. The minimum Gasteiger partial charge on any atom is -0.392 e.